The number of amides is 2. The summed E-state index contributed by atoms with van der Waals surface area (Å²) in [5, 5.41) is 11.8. The molecule has 2 aliphatic rings. The molecule has 5 atom stereocenters. The van der Waals surface area contributed by atoms with Crippen LogP contribution in [0.2, 0.25) is 0 Å². The first-order valence-corrected chi connectivity index (χ1v) is 11.4. The van der Waals surface area contributed by atoms with Gasteiger partial charge in [0.05, 0.1) is 19.3 Å². The molecule has 0 saturated carbocycles. The van der Waals surface area contributed by atoms with Crippen molar-refractivity contribution in [3.8, 4) is 0 Å². The lowest BCUT2D eigenvalue weighted by Gasteiger charge is -2.31. The second-order valence-electron chi connectivity index (χ2n) is 7.80. The first-order chi connectivity index (χ1) is 13.1. The van der Waals surface area contributed by atoms with E-state index in [-0.39, 0.29) is 30.4 Å². The van der Waals surface area contributed by atoms with Crippen molar-refractivity contribution < 1.29 is 33.0 Å². The van der Waals surface area contributed by atoms with E-state index in [1.54, 1.807) is 0 Å². The van der Waals surface area contributed by atoms with Crippen LogP contribution in [0.5, 0.6) is 0 Å². The molecule has 2 heterocycles. The molecule has 9 nitrogen and oxygen atoms in total. The summed E-state index contributed by atoms with van der Waals surface area (Å²) in [5.41, 5.74) is -0.419. The molecule has 2 rings (SSSR count). The first-order valence-electron chi connectivity index (χ1n) is 9.15. The predicted octanol–water partition coefficient (Wildman–Crippen LogP) is 2.32. The maximum Gasteiger partial charge on any atom is 0.325 e. The summed E-state index contributed by atoms with van der Waals surface area (Å²) < 4.78 is 28.1. The number of thioether (sulfide) groups is 1. The molecule has 160 valence electrons. The van der Waals surface area contributed by atoms with Crippen LogP contribution in [0.25, 0.3) is 0 Å². The minimum absolute atomic E-state index is 0.0438. The third kappa shape index (κ3) is 6.86. The molecule has 2 amide bonds. The van der Waals surface area contributed by atoms with Crippen molar-refractivity contribution in [3.63, 3.8) is 0 Å². The van der Waals surface area contributed by atoms with Gasteiger partial charge in [0, 0.05) is 23.3 Å². The van der Waals surface area contributed by atoms with Crippen LogP contribution in [0.4, 0.5) is 4.79 Å². The number of ether oxygens (including phenoxy) is 1. The third-order valence-electron chi connectivity index (χ3n) is 4.20. The molecular formula is C17H29N2O7PS. The number of aliphatic hydroxyl groups is 1. The topological polar surface area (TPSA) is 114 Å². The summed E-state index contributed by atoms with van der Waals surface area (Å²) in [6.45, 7) is 7.73. The normalized spacial score (nSPS) is 29.0. The van der Waals surface area contributed by atoms with Gasteiger partial charge in [0.15, 0.2) is 5.12 Å². The Balaban J connectivity index is 1.68. The molecule has 0 aromatic carbocycles. The number of nitrogens with zero attached hydrogens (tertiary/aromatic N) is 1. The number of carbonyl (C=O) groups excluding carboxylic acids is 2. The molecule has 0 aromatic heterocycles. The zero-order chi connectivity index (χ0) is 20.9. The molecule has 11 heteroatoms. The second-order valence-corrected chi connectivity index (χ2v) is 9.95. The maximum absolute atomic E-state index is 12.0. The smallest absolute Gasteiger partial charge is 0.325 e. The van der Waals surface area contributed by atoms with Gasteiger partial charge in [0.1, 0.15) is 12.5 Å². The summed E-state index contributed by atoms with van der Waals surface area (Å²) in [6, 6.07) is -0.437. The Bertz CT molecular complexity index is 625. The Morgan fingerprint density at radius 2 is 2.18 bits per heavy atom. The van der Waals surface area contributed by atoms with Crippen molar-refractivity contribution in [1.29, 1.82) is 0 Å². The summed E-state index contributed by atoms with van der Waals surface area (Å²) in [7, 11) is -2.68. The van der Waals surface area contributed by atoms with Gasteiger partial charge >= 0.3 is 14.3 Å². The molecule has 2 unspecified atom stereocenters. The molecule has 0 spiro atoms. The molecule has 28 heavy (non-hydrogen) atoms. The van der Waals surface area contributed by atoms with E-state index in [1.807, 2.05) is 27.7 Å². The Morgan fingerprint density at radius 1 is 1.46 bits per heavy atom. The zero-order valence-corrected chi connectivity index (χ0v) is 18.4. The fourth-order valence-electron chi connectivity index (χ4n) is 2.74. The Kier molecular flexibility index (Phi) is 8.54. The van der Waals surface area contributed by atoms with Crippen LogP contribution in [-0.4, -0.2) is 58.7 Å². The second kappa shape index (κ2) is 10.2. The predicted molar refractivity (Wildman–Crippen MR) is 106 cm³/mol. The van der Waals surface area contributed by atoms with E-state index in [1.165, 1.54) is 17.2 Å². The number of hydrogen-bond acceptors (Lipinski definition) is 8. The highest BCUT2D eigenvalue weighted by molar-refractivity contribution is 8.13. The molecule has 1 fully saturated rings. The minimum Gasteiger partial charge on any atom is -0.370 e. The van der Waals surface area contributed by atoms with E-state index in [9.17, 15) is 19.3 Å². The van der Waals surface area contributed by atoms with Gasteiger partial charge in [-0.25, -0.2) is 4.79 Å². The van der Waals surface area contributed by atoms with Crippen LogP contribution in [0, 0.1) is 11.3 Å². The van der Waals surface area contributed by atoms with Gasteiger partial charge in [-0.05, 0) is 12.5 Å². The molecular weight excluding hydrogens is 407 g/mol. The van der Waals surface area contributed by atoms with Crippen LogP contribution in [0.15, 0.2) is 12.3 Å². The summed E-state index contributed by atoms with van der Waals surface area (Å²) >= 11 is 1.15. The van der Waals surface area contributed by atoms with Gasteiger partial charge in [-0.15, -0.1) is 0 Å². The quantitative estimate of drug-likeness (QED) is 0.440. The SMILES string of the molecule is C[C@H]1C[C@@H](CO[PH](=O)OCCSC(=O)C(C)(C)C)O[C@H]1N1C=CC(O)NC1=O. The van der Waals surface area contributed by atoms with E-state index < -0.39 is 32.2 Å². The van der Waals surface area contributed by atoms with Crippen LogP contribution < -0.4 is 5.32 Å². The number of nitrogens with one attached hydrogen (secondary N) is 1. The third-order valence-corrected chi connectivity index (χ3v) is 6.29. The standard InChI is InChI=1S/C17H29N2O7PS/c1-11-9-12(26-14(11)19-6-5-13(20)18-16(19)22)10-25-27(23)24-7-8-28-15(21)17(2,3)4/h5-6,11-14,20,27H,7-10H2,1-4H3,(H,18,22)/t11-,12-,13?,14+/m0/s1. The van der Waals surface area contributed by atoms with E-state index >= 15 is 0 Å². The van der Waals surface area contributed by atoms with Crippen molar-refractivity contribution in [3.05, 3.63) is 12.3 Å². The molecule has 0 radical (unpaired) electrons. The van der Waals surface area contributed by atoms with E-state index in [4.69, 9.17) is 13.8 Å². The molecule has 2 N–H and O–H groups in total. The zero-order valence-electron chi connectivity index (χ0n) is 16.5. The first kappa shape index (κ1) is 23.4. The molecule has 0 aliphatic carbocycles. The summed E-state index contributed by atoms with van der Waals surface area (Å²) in [5.74, 6) is 0.458. The van der Waals surface area contributed by atoms with Gasteiger partial charge in [0.2, 0.25) is 0 Å². The van der Waals surface area contributed by atoms with Gasteiger partial charge in [0.25, 0.3) is 0 Å². The number of rotatable bonds is 8. The highest BCUT2D eigenvalue weighted by atomic mass is 32.2. The monoisotopic (exact) mass is 436 g/mol. The van der Waals surface area contributed by atoms with Crippen molar-refractivity contribution in [2.45, 2.75) is 52.7 Å². The summed E-state index contributed by atoms with van der Waals surface area (Å²) in [4.78, 5) is 25.1. The van der Waals surface area contributed by atoms with Gasteiger partial charge in [-0.2, -0.15) is 0 Å². The number of urea groups is 1. The van der Waals surface area contributed by atoms with Gasteiger partial charge in [-0.3, -0.25) is 14.3 Å². The van der Waals surface area contributed by atoms with Crippen molar-refractivity contribution in [2.24, 2.45) is 11.3 Å². The average Bonchev–Trinajstić information content (AvgIpc) is 2.96. The molecule has 0 bridgehead atoms. The highest BCUT2D eigenvalue weighted by Crippen LogP contribution is 2.33. The summed E-state index contributed by atoms with van der Waals surface area (Å²) in [6.07, 6.45) is 1.78. The molecule has 2 aliphatic heterocycles. The molecule has 1 saturated heterocycles. The van der Waals surface area contributed by atoms with Crippen LogP contribution in [0.1, 0.15) is 34.1 Å². The van der Waals surface area contributed by atoms with Crippen molar-refractivity contribution >= 4 is 31.2 Å². The average molecular weight is 436 g/mol. The lowest BCUT2D eigenvalue weighted by molar-refractivity contribution is -0.117. The Hall–Kier alpha value is -0.900. The lowest BCUT2D eigenvalue weighted by atomic mass is 10.00. The van der Waals surface area contributed by atoms with Crippen molar-refractivity contribution in [2.75, 3.05) is 19.0 Å². The largest absolute Gasteiger partial charge is 0.370 e. The Morgan fingerprint density at radius 3 is 2.82 bits per heavy atom. The van der Waals surface area contributed by atoms with E-state index in [0.29, 0.717) is 12.2 Å². The minimum atomic E-state index is -2.68. The fourth-order valence-corrected chi connectivity index (χ4v) is 4.34. The van der Waals surface area contributed by atoms with Gasteiger partial charge < -0.3 is 24.2 Å². The van der Waals surface area contributed by atoms with Crippen LogP contribution >= 0.6 is 20.0 Å². The van der Waals surface area contributed by atoms with Crippen LogP contribution in [0.3, 0.4) is 0 Å². The van der Waals surface area contributed by atoms with E-state index in [0.717, 1.165) is 11.8 Å². The van der Waals surface area contributed by atoms with Crippen molar-refractivity contribution in [1.82, 2.24) is 10.2 Å². The maximum atomic E-state index is 12.0. The lowest BCUT2D eigenvalue weighted by Crippen LogP contribution is -2.50. The highest BCUT2D eigenvalue weighted by Gasteiger charge is 2.39. The Labute approximate surface area is 170 Å². The number of hydrogen-bond donors (Lipinski definition) is 2. The van der Waals surface area contributed by atoms with Crippen LogP contribution in [-0.2, 0) is 23.1 Å². The molecule has 0 aromatic rings. The number of carbonyl (C=O) groups is 2. The number of aliphatic hydroxyl groups excluding tert-OH is 1. The van der Waals surface area contributed by atoms with E-state index in [2.05, 4.69) is 5.32 Å². The van der Waals surface area contributed by atoms with Gasteiger partial charge in [-0.1, -0.05) is 39.5 Å². The fraction of sp³-hybridized carbons (Fsp3) is 0.765.